The van der Waals surface area contributed by atoms with Crippen molar-refractivity contribution in [3.8, 4) is 23.0 Å². The lowest BCUT2D eigenvalue weighted by molar-refractivity contribution is 0.0679. The Hall–Kier alpha value is -4.33. The smallest absolute Gasteiger partial charge is 0.339 e. The van der Waals surface area contributed by atoms with Gasteiger partial charge in [0.1, 0.15) is 28.2 Å². The standard InChI is InChI=1S/C21H14O8/c22-19(23)12-6-1-3-9-15(12)28-17-11-5-8-14(21(26)27)18(17)29-16-10-4-2-7-13(16)20(24)25/h1-11H,(H,22,23)(H,24,25)(H,26,27). The van der Waals surface area contributed by atoms with E-state index in [2.05, 4.69) is 0 Å². The minimum absolute atomic E-state index is 0.0288. The zero-order valence-corrected chi connectivity index (χ0v) is 14.7. The molecule has 146 valence electrons. The van der Waals surface area contributed by atoms with Crippen molar-refractivity contribution in [3.63, 3.8) is 0 Å². The summed E-state index contributed by atoms with van der Waals surface area (Å²) in [5.41, 5.74) is -0.592. The predicted molar refractivity (Wildman–Crippen MR) is 100 cm³/mol. The number of benzene rings is 3. The van der Waals surface area contributed by atoms with Crippen LogP contribution in [0.2, 0.25) is 0 Å². The fourth-order valence-electron chi connectivity index (χ4n) is 2.56. The molecule has 0 saturated heterocycles. The molecule has 0 spiro atoms. The topological polar surface area (TPSA) is 130 Å². The molecule has 0 atom stereocenters. The van der Waals surface area contributed by atoms with E-state index in [1.54, 1.807) is 6.07 Å². The first kappa shape index (κ1) is 19.4. The molecule has 0 aliphatic rings. The van der Waals surface area contributed by atoms with E-state index >= 15 is 0 Å². The monoisotopic (exact) mass is 394 g/mol. The van der Waals surface area contributed by atoms with Gasteiger partial charge in [-0.3, -0.25) is 0 Å². The summed E-state index contributed by atoms with van der Waals surface area (Å²) in [6, 6.07) is 15.6. The molecule has 29 heavy (non-hydrogen) atoms. The van der Waals surface area contributed by atoms with E-state index in [1.807, 2.05) is 0 Å². The summed E-state index contributed by atoms with van der Waals surface area (Å²) >= 11 is 0. The number of hydrogen-bond donors (Lipinski definition) is 3. The van der Waals surface area contributed by atoms with Crippen LogP contribution in [-0.4, -0.2) is 33.2 Å². The second kappa shape index (κ2) is 8.13. The van der Waals surface area contributed by atoms with Gasteiger partial charge in [0.25, 0.3) is 0 Å². The lowest BCUT2D eigenvalue weighted by Gasteiger charge is -2.16. The van der Waals surface area contributed by atoms with Gasteiger partial charge in [-0.15, -0.1) is 0 Å². The molecular formula is C21H14O8. The van der Waals surface area contributed by atoms with Crippen molar-refractivity contribution in [1.82, 2.24) is 0 Å². The van der Waals surface area contributed by atoms with Gasteiger partial charge in [0.05, 0.1) is 0 Å². The molecule has 8 heteroatoms. The summed E-state index contributed by atoms with van der Waals surface area (Å²) in [7, 11) is 0. The first-order valence-electron chi connectivity index (χ1n) is 8.25. The predicted octanol–water partition coefficient (Wildman–Crippen LogP) is 4.37. The quantitative estimate of drug-likeness (QED) is 0.539. The maximum absolute atomic E-state index is 11.7. The average Bonchev–Trinajstić information content (AvgIpc) is 2.69. The van der Waals surface area contributed by atoms with Gasteiger partial charge in [-0.05, 0) is 36.4 Å². The molecular weight excluding hydrogens is 380 g/mol. The van der Waals surface area contributed by atoms with E-state index in [1.165, 1.54) is 60.7 Å². The van der Waals surface area contributed by atoms with Crippen LogP contribution in [0, 0.1) is 0 Å². The molecule has 0 radical (unpaired) electrons. The molecule has 0 heterocycles. The number of ether oxygens (including phenoxy) is 2. The van der Waals surface area contributed by atoms with Crippen LogP contribution in [-0.2, 0) is 0 Å². The highest BCUT2D eigenvalue weighted by atomic mass is 16.5. The van der Waals surface area contributed by atoms with Crippen LogP contribution in [0.25, 0.3) is 0 Å². The van der Waals surface area contributed by atoms with Crippen LogP contribution < -0.4 is 9.47 Å². The van der Waals surface area contributed by atoms with Gasteiger partial charge < -0.3 is 24.8 Å². The molecule has 3 aromatic carbocycles. The Morgan fingerprint density at radius 1 is 0.517 bits per heavy atom. The normalized spacial score (nSPS) is 10.2. The highest BCUT2D eigenvalue weighted by Gasteiger charge is 2.22. The number of para-hydroxylation sites is 3. The SMILES string of the molecule is O=C(O)c1ccccc1Oc1cccc(C(=O)O)c1Oc1ccccc1C(=O)O. The third kappa shape index (κ3) is 4.16. The maximum atomic E-state index is 11.7. The number of carboxylic acid groups (broad SMARTS) is 3. The van der Waals surface area contributed by atoms with Crippen molar-refractivity contribution in [1.29, 1.82) is 0 Å². The Labute approximate surface area is 164 Å². The summed E-state index contributed by atoms with van der Waals surface area (Å²) in [4.78, 5) is 34.5. The Morgan fingerprint density at radius 2 is 0.931 bits per heavy atom. The van der Waals surface area contributed by atoms with E-state index < -0.39 is 17.9 Å². The highest BCUT2D eigenvalue weighted by Crippen LogP contribution is 2.39. The fourth-order valence-corrected chi connectivity index (χ4v) is 2.56. The lowest BCUT2D eigenvalue weighted by Crippen LogP contribution is -2.05. The number of carbonyl (C=O) groups is 3. The van der Waals surface area contributed by atoms with Crippen LogP contribution in [0.15, 0.2) is 66.7 Å². The Kier molecular flexibility index (Phi) is 5.45. The Balaban J connectivity index is 2.11. The Morgan fingerprint density at radius 3 is 1.45 bits per heavy atom. The molecule has 3 aromatic rings. The summed E-state index contributed by atoms with van der Waals surface area (Å²) in [5.74, 6) is -4.28. The summed E-state index contributed by atoms with van der Waals surface area (Å²) in [6.45, 7) is 0. The van der Waals surface area contributed by atoms with Crippen molar-refractivity contribution >= 4 is 17.9 Å². The molecule has 0 aliphatic carbocycles. The minimum Gasteiger partial charge on any atom is -0.478 e. The molecule has 8 nitrogen and oxygen atoms in total. The third-order valence-electron chi connectivity index (χ3n) is 3.88. The third-order valence-corrected chi connectivity index (χ3v) is 3.88. The summed E-state index contributed by atoms with van der Waals surface area (Å²) in [6.07, 6.45) is 0. The zero-order valence-electron chi connectivity index (χ0n) is 14.7. The lowest BCUT2D eigenvalue weighted by atomic mass is 10.1. The average molecular weight is 394 g/mol. The summed E-state index contributed by atoms with van der Waals surface area (Å²) < 4.78 is 11.3. The second-order valence-electron chi connectivity index (χ2n) is 5.74. The van der Waals surface area contributed by atoms with Gasteiger partial charge in [-0.1, -0.05) is 30.3 Å². The van der Waals surface area contributed by atoms with E-state index in [-0.39, 0.29) is 39.7 Å². The van der Waals surface area contributed by atoms with Crippen molar-refractivity contribution < 1.29 is 39.2 Å². The fraction of sp³-hybridized carbons (Fsp3) is 0. The van der Waals surface area contributed by atoms with E-state index in [9.17, 15) is 29.7 Å². The number of rotatable bonds is 7. The van der Waals surface area contributed by atoms with Crippen LogP contribution in [0.1, 0.15) is 31.1 Å². The van der Waals surface area contributed by atoms with E-state index in [4.69, 9.17) is 9.47 Å². The molecule has 0 aromatic heterocycles. The molecule has 0 unspecified atom stereocenters. The molecule has 0 bridgehead atoms. The van der Waals surface area contributed by atoms with E-state index in [0.717, 1.165) is 0 Å². The van der Waals surface area contributed by atoms with Crippen molar-refractivity contribution in [2.75, 3.05) is 0 Å². The zero-order chi connectivity index (χ0) is 21.0. The number of hydrogen-bond acceptors (Lipinski definition) is 5. The van der Waals surface area contributed by atoms with Crippen LogP contribution in [0.3, 0.4) is 0 Å². The molecule has 3 N–H and O–H groups in total. The number of aromatic carboxylic acids is 3. The van der Waals surface area contributed by atoms with Crippen molar-refractivity contribution in [3.05, 3.63) is 83.4 Å². The van der Waals surface area contributed by atoms with Crippen LogP contribution in [0.5, 0.6) is 23.0 Å². The Bertz CT molecular complexity index is 1100. The second-order valence-corrected chi connectivity index (χ2v) is 5.74. The molecule has 0 amide bonds. The van der Waals surface area contributed by atoms with Crippen molar-refractivity contribution in [2.45, 2.75) is 0 Å². The van der Waals surface area contributed by atoms with Gasteiger partial charge in [0.2, 0.25) is 0 Å². The van der Waals surface area contributed by atoms with Gasteiger partial charge in [-0.25, -0.2) is 14.4 Å². The van der Waals surface area contributed by atoms with Crippen molar-refractivity contribution in [2.24, 2.45) is 0 Å². The first-order valence-corrected chi connectivity index (χ1v) is 8.25. The molecule has 0 fully saturated rings. The molecule has 0 aliphatic heterocycles. The van der Waals surface area contributed by atoms with Gasteiger partial charge in [0, 0.05) is 0 Å². The number of carboxylic acids is 3. The molecule has 0 saturated carbocycles. The van der Waals surface area contributed by atoms with Crippen LogP contribution in [0.4, 0.5) is 0 Å². The minimum atomic E-state index is -1.33. The summed E-state index contributed by atoms with van der Waals surface area (Å²) in [5, 5.41) is 28.2. The first-order chi connectivity index (χ1) is 13.9. The largest absolute Gasteiger partial charge is 0.478 e. The molecule has 3 rings (SSSR count). The van der Waals surface area contributed by atoms with Gasteiger partial charge in [-0.2, -0.15) is 0 Å². The van der Waals surface area contributed by atoms with Gasteiger partial charge in [0.15, 0.2) is 11.5 Å². The maximum Gasteiger partial charge on any atom is 0.339 e. The van der Waals surface area contributed by atoms with E-state index in [0.29, 0.717) is 0 Å². The highest BCUT2D eigenvalue weighted by molar-refractivity contribution is 5.94. The van der Waals surface area contributed by atoms with Crippen LogP contribution >= 0.6 is 0 Å². The van der Waals surface area contributed by atoms with Gasteiger partial charge >= 0.3 is 17.9 Å².